The number of fused-ring (bicyclic) bond motifs is 3. The van der Waals surface area contributed by atoms with Gasteiger partial charge in [-0.05, 0) is 28.8 Å². The molecule has 6 heteroatoms. The van der Waals surface area contributed by atoms with Crippen LogP contribution in [0.25, 0.3) is 0 Å². The second kappa shape index (κ2) is 4.62. The molecule has 3 aliphatic heterocycles. The molecule has 0 amide bonds. The molecule has 2 bridgehead atoms. The summed E-state index contributed by atoms with van der Waals surface area (Å²) in [5.74, 6) is 1.73. The molecule has 5 rings (SSSR count). The molecule has 1 aromatic rings. The van der Waals surface area contributed by atoms with Gasteiger partial charge in [-0.2, -0.15) is 0 Å². The van der Waals surface area contributed by atoms with Gasteiger partial charge in [0.2, 0.25) is 0 Å². The average Bonchev–Trinajstić information content (AvgIpc) is 3.27. The summed E-state index contributed by atoms with van der Waals surface area (Å²) in [5, 5.41) is 0. The standard InChI is InChI=1S/C13H17BrN4S/c14-10-11(8-1-2-8)15-12(16-13(10)19)9-7-17-3-5-18(9)6-4-17/h8-9H,1-7H2,(H,15,16,19). The van der Waals surface area contributed by atoms with Gasteiger partial charge in [0.1, 0.15) is 10.5 Å². The van der Waals surface area contributed by atoms with E-state index >= 15 is 0 Å². The lowest BCUT2D eigenvalue weighted by atomic mass is 10.1. The van der Waals surface area contributed by atoms with Gasteiger partial charge < -0.3 is 4.98 Å². The zero-order valence-corrected chi connectivity index (χ0v) is 13.1. The third-order valence-corrected chi connectivity index (χ3v) is 5.85. The molecule has 1 N–H and O–H groups in total. The molecule has 19 heavy (non-hydrogen) atoms. The van der Waals surface area contributed by atoms with E-state index in [-0.39, 0.29) is 0 Å². The summed E-state index contributed by atoms with van der Waals surface area (Å²) < 4.78 is 1.72. The molecule has 1 atom stereocenters. The van der Waals surface area contributed by atoms with E-state index in [1.54, 1.807) is 0 Å². The smallest absolute Gasteiger partial charge is 0.144 e. The predicted molar refractivity (Wildman–Crippen MR) is 79.9 cm³/mol. The van der Waals surface area contributed by atoms with E-state index in [1.807, 2.05) is 0 Å². The normalized spacial score (nSPS) is 33.6. The summed E-state index contributed by atoms with van der Waals surface area (Å²) in [5.41, 5.74) is 1.27. The number of H-pyrrole nitrogens is 1. The molecule has 4 aliphatic rings. The van der Waals surface area contributed by atoms with Crippen LogP contribution in [0.3, 0.4) is 0 Å². The first kappa shape index (κ1) is 12.4. The number of halogens is 1. The van der Waals surface area contributed by atoms with Crippen LogP contribution in [0.1, 0.15) is 36.3 Å². The molecule has 3 saturated heterocycles. The molecule has 1 unspecified atom stereocenters. The Morgan fingerprint density at radius 1 is 1.21 bits per heavy atom. The highest BCUT2D eigenvalue weighted by molar-refractivity contribution is 9.10. The van der Waals surface area contributed by atoms with Crippen LogP contribution in [0, 0.1) is 4.64 Å². The van der Waals surface area contributed by atoms with Crippen LogP contribution in [-0.4, -0.2) is 52.5 Å². The molecular formula is C13H17BrN4S. The minimum absolute atomic E-state index is 0.398. The van der Waals surface area contributed by atoms with E-state index in [0.29, 0.717) is 16.6 Å². The van der Waals surface area contributed by atoms with Crippen LogP contribution in [-0.2, 0) is 0 Å². The first-order valence-electron chi connectivity index (χ1n) is 6.98. The van der Waals surface area contributed by atoms with E-state index in [2.05, 4.69) is 35.7 Å². The van der Waals surface area contributed by atoms with Gasteiger partial charge in [0.15, 0.2) is 0 Å². The van der Waals surface area contributed by atoms with Crippen molar-refractivity contribution in [3.63, 3.8) is 0 Å². The Morgan fingerprint density at radius 2 is 1.95 bits per heavy atom. The summed E-state index contributed by atoms with van der Waals surface area (Å²) in [6.07, 6.45) is 2.54. The molecular weight excluding hydrogens is 324 g/mol. The second-order valence-corrected chi connectivity index (χ2v) is 6.96. The molecule has 102 valence electrons. The third-order valence-electron chi connectivity index (χ3n) is 4.49. The van der Waals surface area contributed by atoms with Gasteiger partial charge in [-0.3, -0.25) is 9.80 Å². The van der Waals surface area contributed by atoms with E-state index in [4.69, 9.17) is 12.2 Å². The molecule has 1 aliphatic carbocycles. The molecule has 0 radical (unpaired) electrons. The van der Waals surface area contributed by atoms with E-state index < -0.39 is 0 Å². The Bertz CT molecular complexity index is 560. The van der Waals surface area contributed by atoms with Gasteiger partial charge in [-0.15, -0.1) is 0 Å². The van der Waals surface area contributed by atoms with Gasteiger partial charge in [-0.1, -0.05) is 12.2 Å². The summed E-state index contributed by atoms with van der Waals surface area (Å²) >= 11 is 9.02. The minimum Gasteiger partial charge on any atom is -0.344 e. The summed E-state index contributed by atoms with van der Waals surface area (Å²) in [6.45, 7) is 5.79. The Balaban J connectivity index is 1.73. The number of piperazine rings is 3. The SMILES string of the molecule is S=c1nc(C2CN3CCN2CC3)[nH]c(C2CC2)c1Br. The molecule has 1 aromatic heterocycles. The van der Waals surface area contributed by atoms with Gasteiger partial charge in [0.25, 0.3) is 0 Å². The van der Waals surface area contributed by atoms with E-state index in [0.717, 1.165) is 29.9 Å². The summed E-state index contributed by atoms with van der Waals surface area (Å²) in [7, 11) is 0. The third kappa shape index (κ3) is 2.18. The maximum Gasteiger partial charge on any atom is 0.144 e. The number of rotatable bonds is 2. The van der Waals surface area contributed by atoms with Crippen molar-refractivity contribution in [2.75, 3.05) is 32.7 Å². The Hall–Kier alpha value is -0.300. The highest BCUT2D eigenvalue weighted by Crippen LogP contribution is 2.42. The van der Waals surface area contributed by atoms with Gasteiger partial charge in [0.05, 0.1) is 10.5 Å². The van der Waals surface area contributed by atoms with Crippen molar-refractivity contribution in [3.05, 3.63) is 20.6 Å². The minimum atomic E-state index is 0.398. The van der Waals surface area contributed by atoms with Crippen molar-refractivity contribution in [2.45, 2.75) is 24.8 Å². The predicted octanol–water partition coefficient (Wildman–Crippen LogP) is 2.45. The number of nitrogens with one attached hydrogen (secondary N) is 1. The highest BCUT2D eigenvalue weighted by Gasteiger charge is 2.35. The van der Waals surface area contributed by atoms with Crippen molar-refractivity contribution in [2.24, 2.45) is 0 Å². The Labute approximate surface area is 126 Å². The quantitative estimate of drug-likeness (QED) is 0.838. The molecule has 0 aromatic carbocycles. The zero-order chi connectivity index (χ0) is 13.0. The number of hydrogen-bond donors (Lipinski definition) is 1. The van der Waals surface area contributed by atoms with Crippen LogP contribution in [0.5, 0.6) is 0 Å². The number of aromatic amines is 1. The molecule has 4 fully saturated rings. The molecule has 1 saturated carbocycles. The molecule has 4 nitrogen and oxygen atoms in total. The fraction of sp³-hybridized carbons (Fsp3) is 0.692. The first-order valence-corrected chi connectivity index (χ1v) is 8.18. The van der Waals surface area contributed by atoms with Gasteiger partial charge >= 0.3 is 0 Å². The lowest BCUT2D eigenvalue weighted by Crippen LogP contribution is -2.57. The van der Waals surface area contributed by atoms with Crippen LogP contribution in [0.2, 0.25) is 0 Å². The number of aromatic nitrogens is 2. The van der Waals surface area contributed by atoms with Crippen molar-refractivity contribution < 1.29 is 0 Å². The van der Waals surface area contributed by atoms with Crippen LogP contribution >= 0.6 is 28.1 Å². The number of hydrogen-bond acceptors (Lipinski definition) is 4. The van der Waals surface area contributed by atoms with Crippen molar-refractivity contribution in [1.82, 2.24) is 19.8 Å². The monoisotopic (exact) mass is 340 g/mol. The van der Waals surface area contributed by atoms with Crippen LogP contribution < -0.4 is 0 Å². The second-order valence-electron chi connectivity index (χ2n) is 5.78. The molecule has 4 heterocycles. The number of nitrogens with zero attached hydrogens (tertiary/aromatic N) is 3. The van der Waals surface area contributed by atoms with E-state index in [9.17, 15) is 0 Å². The lowest BCUT2D eigenvalue weighted by molar-refractivity contribution is 0.00849. The van der Waals surface area contributed by atoms with Crippen LogP contribution in [0.4, 0.5) is 0 Å². The van der Waals surface area contributed by atoms with Crippen LogP contribution in [0.15, 0.2) is 4.47 Å². The zero-order valence-electron chi connectivity index (χ0n) is 10.7. The average molecular weight is 341 g/mol. The van der Waals surface area contributed by atoms with Crippen molar-refractivity contribution >= 4 is 28.1 Å². The molecule has 0 spiro atoms. The highest BCUT2D eigenvalue weighted by atomic mass is 79.9. The summed E-state index contributed by atoms with van der Waals surface area (Å²) in [6, 6.07) is 0.398. The maximum atomic E-state index is 5.42. The van der Waals surface area contributed by atoms with Gasteiger partial charge in [0, 0.05) is 44.3 Å². The fourth-order valence-corrected chi connectivity index (χ4v) is 3.90. The van der Waals surface area contributed by atoms with E-state index in [1.165, 1.54) is 31.6 Å². The summed E-state index contributed by atoms with van der Waals surface area (Å²) in [4.78, 5) is 13.3. The lowest BCUT2D eigenvalue weighted by Gasteiger charge is -2.46. The maximum absolute atomic E-state index is 5.42. The Morgan fingerprint density at radius 3 is 2.53 bits per heavy atom. The Kier molecular flexibility index (Phi) is 3.02. The van der Waals surface area contributed by atoms with Gasteiger partial charge in [-0.25, -0.2) is 4.98 Å². The first-order chi connectivity index (χ1) is 9.22. The van der Waals surface area contributed by atoms with Crippen molar-refractivity contribution in [3.8, 4) is 0 Å². The van der Waals surface area contributed by atoms with Crippen molar-refractivity contribution in [1.29, 1.82) is 0 Å². The largest absolute Gasteiger partial charge is 0.344 e. The topological polar surface area (TPSA) is 35.2 Å². The fourth-order valence-electron chi connectivity index (χ4n) is 3.18.